The van der Waals surface area contributed by atoms with E-state index in [0.29, 0.717) is 11.4 Å². The van der Waals surface area contributed by atoms with Gasteiger partial charge in [-0.15, -0.1) is 0 Å². The predicted molar refractivity (Wildman–Crippen MR) is 47.1 cm³/mol. The summed E-state index contributed by atoms with van der Waals surface area (Å²) in [5.74, 6) is 0. The molecule has 66 valence electrons. The van der Waals surface area contributed by atoms with E-state index in [9.17, 15) is 4.55 Å². The second-order valence-corrected chi connectivity index (χ2v) is 4.80. The topological polar surface area (TPSA) is 32.3 Å². The summed E-state index contributed by atoms with van der Waals surface area (Å²) in [6.45, 7) is 0. The van der Waals surface area contributed by atoms with Crippen LogP contribution in [0.15, 0.2) is 0 Å². The fourth-order valence-electron chi connectivity index (χ4n) is 1.60. The first-order chi connectivity index (χ1) is 5.24. The molecule has 0 aromatic heterocycles. The average molecular weight is 176 g/mol. The Morgan fingerprint density at radius 3 is 2.18 bits per heavy atom. The van der Waals surface area contributed by atoms with Crippen molar-refractivity contribution < 1.29 is 9.29 Å². The average Bonchev–Trinajstić information content (AvgIpc) is 2.05. The lowest BCUT2D eigenvalue weighted by Crippen LogP contribution is -2.29. The maximum atomic E-state index is 11.1. The van der Waals surface area contributed by atoms with Gasteiger partial charge in [0.25, 0.3) is 0 Å². The number of methoxy groups -OCH3 is 1. The normalized spacial score (nSPS) is 35.2. The van der Waals surface area contributed by atoms with Crippen molar-refractivity contribution in [2.45, 2.75) is 37.0 Å². The Labute approximate surface area is 71.5 Å². The van der Waals surface area contributed by atoms with Crippen LogP contribution >= 0.6 is 0 Å². The molecule has 0 N–H and O–H groups in total. The zero-order valence-corrected chi connectivity index (χ0v) is 8.02. The zero-order valence-electron chi connectivity index (χ0n) is 7.21. The van der Waals surface area contributed by atoms with E-state index in [4.69, 9.17) is 4.74 Å². The Hall–Kier alpha value is 0.270. The summed E-state index contributed by atoms with van der Waals surface area (Å²) in [6, 6.07) is 0. The highest BCUT2D eigenvalue weighted by Gasteiger charge is 2.26. The van der Waals surface area contributed by atoms with E-state index in [0.717, 1.165) is 25.7 Å². The van der Waals surface area contributed by atoms with E-state index in [2.05, 4.69) is 0 Å². The van der Waals surface area contributed by atoms with Crippen LogP contribution in [0.2, 0.25) is 0 Å². The summed E-state index contributed by atoms with van der Waals surface area (Å²) >= 11 is -0.624. The Morgan fingerprint density at radius 1 is 1.27 bits per heavy atom. The van der Waals surface area contributed by atoms with E-state index < -0.39 is 11.2 Å². The summed E-state index contributed by atoms with van der Waals surface area (Å²) in [5, 5.41) is 0.432. The van der Waals surface area contributed by atoms with Crippen molar-refractivity contribution in [3.05, 3.63) is 0 Å². The molecule has 0 spiro atoms. The van der Waals surface area contributed by atoms with Crippen LogP contribution in [0.25, 0.3) is 0 Å². The quantitative estimate of drug-likeness (QED) is 0.594. The third-order valence-electron chi connectivity index (χ3n) is 2.42. The van der Waals surface area contributed by atoms with Crippen LogP contribution in [0.1, 0.15) is 25.7 Å². The van der Waals surface area contributed by atoms with E-state index in [1.165, 1.54) is 0 Å². The number of ether oxygens (including phenoxy) is 1. The lowest BCUT2D eigenvalue weighted by atomic mass is 9.97. The monoisotopic (exact) mass is 176 g/mol. The molecule has 1 fully saturated rings. The highest BCUT2D eigenvalue weighted by molar-refractivity contribution is 7.91. The first-order valence-electron chi connectivity index (χ1n) is 4.09. The summed E-state index contributed by atoms with van der Waals surface area (Å²) in [7, 11) is 1.76. The molecule has 1 aliphatic carbocycles. The van der Waals surface area contributed by atoms with E-state index >= 15 is 0 Å². The van der Waals surface area contributed by atoms with E-state index in [-0.39, 0.29) is 0 Å². The largest absolute Gasteiger partial charge is 0.616 e. The van der Waals surface area contributed by atoms with Gasteiger partial charge >= 0.3 is 0 Å². The van der Waals surface area contributed by atoms with Gasteiger partial charge in [0.05, 0.1) is 12.4 Å². The van der Waals surface area contributed by atoms with Gasteiger partial charge in [-0.25, -0.2) is 0 Å². The fraction of sp³-hybridized carbons (Fsp3) is 1.00. The van der Waals surface area contributed by atoms with Gasteiger partial charge in [0.15, 0.2) is 0 Å². The van der Waals surface area contributed by atoms with Crippen molar-refractivity contribution in [2.24, 2.45) is 0 Å². The molecular formula is C8H16O2S. The van der Waals surface area contributed by atoms with Crippen LogP contribution in [-0.2, 0) is 15.9 Å². The standard InChI is InChI=1S/C8H16O2S/c1-10-7-3-5-8(6-4-7)11(2)9/h7-8H,3-6H2,1-2H3/t7-,8+,11?. The molecule has 0 aromatic rings. The molecule has 0 bridgehead atoms. The molecule has 0 radical (unpaired) electrons. The third kappa shape index (κ3) is 2.65. The summed E-state index contributed by atoms with van der Waals surface area (Å²) in [5.41, 5.74) is 0. The minimum absolute atomic E-state index is 0.426. The zero-order chi connectivity index (χ0) is 8.27. The minimum Gasteiger partial charge on any atom is -0.616 e. The van der Waals surface area contributed by atoms with Gasteiger partial charge in [0.1, 0.15) is 5.25 Å². The second-order valence-electron chi connectivity index (χ2n) is 3.13. The van der Waals surface area contributed by atoms with E-state index in [1.54, 1.807) is 13.4 Å². The van der Waals surface area contributed by atoms with Crippen molar-refractivity contribution in [2.75, 3.05) is 13.4 Å². The summed E-state index contributed by atoms with van der Waals surface area (Å²) in [4.78, 5) is 0. The van der Waals surface area contributed by atoms with Crippen molar-refractivity contribution in [1.29, 1.82) is 0 Å². The van der Waals surface area contributed by atoms with Crippen molar-refractivity contribution >= 4 is 11.2 Å². The first kappa shape index (κ1) is 9.36. The van der Waals surface area contributed by atoms with Crippen LogP contribution in [0.4, 0.5) is 0 Å². The lowest BCUT2D eigenvalue weighted by molar-refractivity contribution is 0.0717. The van der Waals surface area contributed by atoms with E-state index in [1.807, 2.05) is 0 Å². The molecule has 0 heterocycles. The highest BCUT2D eigenvalue weighted by atomic mass is 32.2. The van der Waals surface area contributed by atoms with Gasteiger partial charge in [0, 0.05) is 7.11 Å². The minimum atomic E-state index is -0.624. The number of rotatable bonds is 2. The Bertz CT molecular complexity index is 109. The van der Waals surface area contributed by atoms with Gasteiger partial charge in [-0.3, -0.25) is 0 Å². The number of hydrogen-bond donors (Lipinski definition) is 0. The van der Waals surface area contributed by atoms with Crippen LogP contribution in [0.3, 0.4) is 0 Å². The Morgan fingerprint density at radius 2 is 1.82 bits per heavy atom. The molecule has 1 aliphatic rings. The molecule has 1 saturated carbocycles. The van der Waals surface area contributed by atoms with Gasteiger partial charge in [-0.05, 0) is 25.7 Å². The molecular weight excluding hydrogens is 160 g/mol. The first-order valence-corrected chi connectivity index (χ1v) is 5.71. The second kappa shape index (κ2) is 4.33. The van der Waals surface area contributed by atoms with Crippen molar-refractivity contribution in [1.82, 2.24) is 0 Å². The Kier molecular flexibility index (Phi) is 3.69. The van der Waals surface area contributed by atoms with Gasteiger partial charge < -0.3 is 9.29 Å². The van der Waals surface area contributed by atoms with Crippen LogP contribution < -0.4 is 0 Å². The van der Waals surface area contributed by atoms with Crippen molar-refractivity contribution in [3.63, 3.8) is 0 Å². The van der Waals surface area contributed by atoms with Gasteiger partial charge in [-0.1, -0.05) is 11.2 Å². The molecule has 0 aromatic carbocycles. The predicted octanol–water partition coefficient (Wildman–Crippen LogP) is 1.32. The molecule has 0 saturated heterocycles. The van der Waals surface area contributed by atoms with Crippen molar-refractivity contribution in [3.8, 4) is 0 Å². The summed E-state index contributed by atoms with van der Waals surface area (Å²) < 4.78 is 16.3. The maximum Gasteiger partial charge on any atom is 0.115 e. The molecule has 1 unspecified atom stereocenters. The smallest absolute Gasteiger partial charge is 0.115 e. The fourth-order valence-corrected chi connectivity index (χ4v) is 2.54. The molecule has 0 amide bonds. The molecule has 2 nitrogen and oxygen atoms in total. The number of hydrogen-bond acceptors (Lipinski definition) is 2. The summed E-state index contributed by atoms with van der Waals surface area (Å²) in [6.07, 6.45) is 6.54. The maximum absolute atomic E-state index is 11.1. The van der Waals surface area contributed by atoms with Crippen LogP contribution in [-0.4, -0.2) is 29.3 Å². The molecule has 1 atom stereocenters. The Balaban J connectivity index is 2.24. The molecule has 11 heavy (non-hydrogen) atoms. The highest BCUT2D eigenvalue weighted by Crippen LogP contribution is 2.24. The SMILES string of the molecule is CO[C@H]1CC[C@@H]([S+](C)[O-])CC1. The van der Waals surface area contributed by atoms with Crippen LogP contribution in [0.5, 0.6) is 0 Å². The lowest BCUT2D eigenvalue weighted by Gasteiger charge is -2.27. The van der Waals surface area contributed by atoms with Crippen LogP contribution in [0, 0.1) is 0 Å². The molecule has 3 heteroatoms. The van der Waals surface area contributed by atoms with Gasteiger partial charge in [-0.2, -0.15) is 0 Å². The van der Waals surface area contributed by atoms with Gasteiger partial charge in [0.2, 0.25) is 0 Å². The third-order valence-corrected chi connectivity index (χ3v) is 3.83. The molecule has 0 aliphatic heterocycles. The molecule has 1 rings (SSSR count).